The van der Waals surface area contributed by atoms with Crippen molar-refractivity contribution in [2.24, 2.45) is 0 Å². The first-order chi connectivity index (χ1) is 6.27. The zero-order chi connectivity index (χ0) is 9.94. The summed E-state index contributed by atoms with van der Waals surface area (Å²) in [7, 11) is 0. The third-order valence-corrected chi connectivity index (χ3v) is 2.50. The first-order valence-electron chi connectivity index (χ1n) is 5.76. The molecule has 0 N–H and O–H groups in total. The summed E-state index contributed by atoms with van der Waals surface area (Å²) in [5.74, 6) is 0.255. The number of rotatable bonds is 1. The lowest BCUT2D eigenvalue weighted by Gasteiger charge is -2.05. The van der Waals surface area contributed by atoms with Crippen LogP contribution in [0.25, 0.3) is 0 Å². The molecule has 0 saturated heterocycles. The Morgan fingerprint density at radius 2 is 1.00 bits per heavy atom. The second-order valence-electron chi connectivity index (χ2n) is 3.88. The van der Waals surface area contributed by atoms with E-state index in [4.69, 9.17) is 0 Å². The lowest BCUT2D eigenvalue weighted by atomic mass is 10.0. The molecule has 1 heteroatoms. The predicted molar refractivity (Wildman–Crippen MR) is 57.9 cm³/mol. The highest BCUT2D eigenvalue weighted by atomic mass is 16.1. The molecule has 1 nitrogen and oxygen atoms in total. The predicted octanol–water partition coefficient (Wildman–Crippen LogP) is 4.11. The Morgan fingerprint density at radius 3 is 1.08 bits per heavy atom. The number of hydrogen-bond acceptors (Lipinski definition) is 1. The summed E-state index contributed by atoms with van der Waals surface area (Å²) in [5, 5.41) is 0. The SMILES string of the molecule is C1CCCCCCC1.CCC(C)=O. The molecule has 0 heterocycles. The highest BCUT2D eigenvalue weighted by Crippen LogP contribution is 2.15. The van der Waals surface area contributed by atoms with Gasteiger partial charge in [-0.25, -0.2) is 0 Å². The third kappa shape index (κ3) is 11.7. The van der Waals surface area contributed by atoms with E-state index >= 15 is 0 Å². The lowest BCUT2D eigenvalue weighted by Crippen LogP contribution is -1.85. The smallest absolute Gasteiger partial charge is 0.129 e. The van der Waals surface area contributed by atoms with Gasteiger partial charge in [-0.2, -0.15) is 0 Å². The van der Waals surface area contributed by atoms with Gasteiger partial charge < -0.3 is 4.79 Å². The van der Waals surface area contributed by atoms with E-state index < -0.39 is 0 Å². The fourth-order valence-corrected chi connectivity index (χ4v) is 1.41. The summed E-state index contributed by atoms with van der Waals surface area (Å²) in [4.78, 5) is 9.81. The minimum atomic E-state index is 0.255. The Bertz CT molecular complexity index is 94.3. The standard InChI is InChI=1S/C8H16.C4H8O/c1-2-4-6-8-7-5-3-1;1-3-4(2)5/h1-8H2;3H2,1-2H3. The molecule has 0 aliphatic heterocycles. The van der Waals surface area contributed by atoms with E-state index in [9.17, 15) is 4.79 Å². The van der Waals surface area contributed by atoms with Crippen molar-refractivity contribution in [2.75, 3.05) is 0 Å². The molecule has 0 amide bonds. The molecular formula is C12H24O. The molecule has 0 unspecified atom stereocenters. The van der Waals surface area contributed by atoms with Gasteiger partial charge >= 0.3 is 0 Å². The minimum absolute atomic E-state index is 0.255. The zero-order valence-corrected chi connectivity index (χ0v) is 9.27. The Kier molecular flexibility index (Phi) is 9.51. The number of hydrogen-bond donors (Lipinski definition) is 0. The van der Waals surface area contributed by atoms with Crippen LogP contribution in [0.2, 0.25) is 0 Å². The molecule has 1 aliphatic carbocycles. The van der Waals surface area contributed by atoms with Crippen LogP contribution in [0.15, 0.2) is 0 Å². The van der Waals surface area contributed by atoms with Crippen molar-refractivity contribution in [3.8, 4) is 0 Å². The van der Waals surface area contributed by atoms with Gasteiger partial charge in [0.25, 0.3) is 0 Å². The maximum absolute atomic E-state index is 9.81. The Morgan fingerprint density at radius 1 is 0.846 bits per heavy atom. The first-order valence-corrected chi connectivity index (χ1v) is 5.76. The van der Waals surface area contributed by atoms with Crippen LogP contribution < -0.4 is 0 Å². The van der Waals surface area contributed by atoms with Crippen molar-refractivity contribution in [1.82, 2.24) is 0 Å². The summed E-state index contributed by atoms with van der Waals surface area (Å²) in [6.45, 7) is 3.43. The number of carbonyl (C=O) groups excluding carboxylic acids is 1. The van der Waals surface area contributed by atoms with Crippen molar-refractivity contribution >= 4 is 5.78 Å². The molecule has 1 aliphatic rings. The quantitative estimate of drug-likeness (QED) is 0.599. The summed E-state index contributed by atoms with van der Waals surface area (Å²) >= 11 is 0. The molecule has 0 radical (unpaired) electrons. The van der Waals surface area contributed by atoms with Crippen molar-refractivity contribution < 1.29 is 4.79 Å². The summed E-state index contributed by atoms with van der Waals surface area (Å²) < 4.78 is 0. The van der Waals surface area contributed by atoms with E-state index in [0.29, 0.717) is 6.42 Å². The number of carbonyl (C=O) groups is 1. The number of Topliss-reactive ketones (excluding diaryl/α,β-unsaturated/α-hetero) is 1. The fraction of sp³-hybridized carbons (Fsp3) is 0.917. The molecule has 1 fully saturated rings. The van der Waals surface area contributed by atoms with Gasteiger partial charge in [0.2, 0.25) is 0 Å². The average molecular weight is 184 g/mol. The van der Waals surface area contributed by atoms with Gasteiger partial charge in [-0.3, -0.25) is 0 Å². The summed E-state index contributed by atoms with van der Waals surface area (Å²) in [6.07, 6.45) is 12.7. The van der Waals surface area contributed by atoms with Crippen LogP contribution in [0.5, 0.6) is 0 Å². The van der Waals surface area contributed by atoms with Crippen LogP contribution in [0, 0.1) is 0 Å². The van der Waals surface area contributed by atoms with Gasteiger partial charge in [0, 0.05) is 6.42 Å². The van der Waals surface area contributed by atoms with E-state index in [1.165, 1.54) is 51.4 Å². The molecule has 78 valence electrons. The minimum Gasteiger partial charge on any atom is -0.300 e. The molecule has 0 atom stereocenters. The molecule has 13 heavy (non-hydrogen) atoms. The molecular weight excluding hydrogens is 160 g/mol. The second-order valence-corrected chi connectivity index (χ2v) is 3.88. The average Bonchev–Trinajstić information content (AvgIpc) is 2.04. The molecule has 1 saturated carbocycles. The van der Waals surface area contributed by atoms with Gasteiger partial charge in [-0.05, 0) is 6.92 Å². The lowest BCUT2D eigenvalue weighted by molar-refractivity contribution is -0.116. The van der Waals surface area contributed by atoms with E-state index in [0.717, 1.165) is 0 Å². The second kappa shape index (κ2) is 9.76. The van der Waals surface area contributed by atoms with Gasteiger partial charge in [0.05, 0.1) is 0 Å². The maximum Gasteiger partial charge on any atom is 0.129 e. The summed E-state index contributed by atoms with van der Waals surface area (Å²) in [5.41, 5.74) is 0. The molecule has 1 rings (SSSR count). The Balaban J connectivity index is 0.000000252. The van der Waals surface area contributed by atoms with Crippen LogP contribution in [0.3, 0.4) is 0 Å². The van der Waals surface area contributed by atoms with Crippen LogP contribution in [0.4, 0.5) is 0 Å². The van der Waals surface area contributed by atoms with Crippen LogP contribution in [-0.2, 0) is 4.79 Å². The van der Waals surface area contributed by atoms with E-state index in [1.54, 1.807) is 6.92 Å². The maximum atomic E-state index is 9.81. The van der Waals surface area contributed by atoms with Crippen LogP contribution in [0.1, 0.15) is 71.6 Å². The van der Waals surface area contributed by atoms with Crippen LogP contribution >= 0.6 is 0 Å². The van der Waals surface area contributed by atoms with E-state index in [1.807, 2.05) is 6.92 Å². The fourth-order valence-electron chi connectivity index (χ4n) is 1.41. The normalized spacial score (nSPS) is 17.7. The van der Waals surface area contributed by atoms with E-state index in [-0.39, 0.29) is 5.78 Å². The highest BCUT2D eigenvalue weighted by Gasteiger charge is 1.95. The highest BCUT2D eigenvalue weighted by molar-refractivity contribution is 5.74. The van der Waals surface area contributed by atoms with Gasteiger partial charge in [-0.1, -0.05) is 58.3 Å². The van der Waals surface area contributed by atoms with Crippen molar-refractivity contribution in [3.05, 3.63) is 0 Å². The van der Waals surface area contributed by atoms with Crippen molar-refractivity contribution in [3.63, 3.8) is 0 Å². The molecule has 0 bridgehead atoms. The third-order valence-electron chi connectivity index (χ3n) is 2.50. The monoisotopic (exact) mass is 184 g/mol. The van der Waals surface area contributed by atoms with Gasteiger partial charge in [0.15, 0.2) is 0 Å². The Hall–Kier alpha value is -0.330. The van der Waals surface area contributed by atoms with Gasteiger partial charge in [-0.15, -0.1) is 0 Å². The molecule has 0 aromatic rings. The molecule has 0 aromatic carbocycles. The largest absolute Gasteiger partial charge is 0.300 e. The van der Waals surface area contributed by atoms with E-state index in [2.05, 4.69) is 0 Å². The molecule has 0 spiro atoms. The molecule has 0 aromatic heterocycles. The van der Waals surface area contributed by atoms with Gasteiger partial charge in [0.1, 0.15) is 5.78 Å². The van der Waals surface area contributed by atoms with Crippen molar-refractivity contribution in [2.45, 2.75) is 71.6 Å². The Labute approximate surface area is 82.9 Å². The number of ketones is 1. The zero-order valence-electron chi connectivity index (χ0n) is 9.27. The topological polar surface area (TPSA) is 17.1 Å². The van der Waals surface area contributed by atoms with Crippen molar-refractivity contribution in [1.29, 1.82) is 0 Å². The first kappa shape index (κ1) is 12.7. The summed E-state index contributed by atoms with van der Waals surface area (Å²) in [6, 6.07) is 0. The van der Waals surface area contributed by atoms with Crippen LogP contribution in [-0.4, -0.2) is 5.78 Å².